The lowest BCUT2D eigenvalue weighted by molar-refractivity contribution is 0.267. The Morgan fingerprint density at radius 2 is 2.05 bits per heavy atom. The van der Waals surface area contributed by atoms with Crippen LogP contribution in [0.4, 0.5) is 0 Å². The van der Waals surface area contributed by atoms with Gasteiger partial charge in [-0.2, -0.15) is 0 Å². The molecule has 0 bridgehead atoms. The fourth-order valence-electron chi connectivity index (χ4n) is 2.39. The van der Waals surface area contributed by atoms with E-state index in [4.69, 9.17) is 10.5 Å². The van der Waals surface area contributed by atoms with Crippen molar-refractivity contribution >= 4 is 0 Å². The largest absolute Gasteiger partial charge is 0.496 e. The molecule has 0 aliphatic carbocycles. The number of ether oxygens (including phenoxy) is 1. The molecule has 2 N–H and O–H groups in total. The van der Waals surface area contributed by atoms with Crippen LogP contribution < -0.4 is 10.5 Å². The van der Waals surface area contributed by atoms with Gasteiger partial charge in [0, 0.05) is 13.1 Å². The van der Waals surface area contributed by atoms with Gasteiger partial charge < -0.3 is 15.4 Å². The van der Waals surface area contributed by atoms with Gasteiger partial charge >= 0.3 is 0 Å². The fraction of sp³-hybridized carbons (Fsp3) is 0.625. The Morgan fingerprint density at radius 1 is 1.32 bits per heavy atom. The highest BCUT2D eigenvalue weighted by molar-refractivity contribution is 5.37. The quantitative estimate of drug-likeness (QED) is 0.784. The van der Waals surface area contributed by atoms with Gasteiger partial charge in [-0.25, -0.2) is 0 Å². The number of hydrogen-bond acceptors (Lipinski definition) is 3. The molecule has 3 nitrogen and oxygen atoms in total. The third-order valence-electron chi connectivity index (χ3n) is 3.66. The molecule has 1 unspecified atom stereocenters. The monoisotopic (exact) mass is 264 g/mol. The number of benzene rings is 1. The number of nitrogens with zero attached hydrogens (tertiary/aromatic N) is 1. The van der Waals surface area contributed by atoms with Crippen molar-refractivity contribution in [2.45, 2.75) is 33.2 Å². The number of aryl methyl sites for hydroxylation is 1. The Balaban J connectivity index is 2.66. The molecule has 0 aliphatic heterocycles. The van der Waals surface area contributed by atoms with Gasteiger partial charge in [-0.05, 0) is 43.1 Å². The molecular formula is C16H28N2O. The van der Waals surface area contributed by atoms with Gasteiger partial charge in [-0.15, -0.1) is 0 Å². The highest BCUT2D eigenvalue weighted by atomic mass is 16.5. The minimum atomic E-state index is 0.592. The fourth-order valence-corrected chi connectivity index (χ4v) is 2.39. The van der Waals surface area contributed by atoms with Crippen LogP contribution in [-0.4, -0.2) is 32.1 Å². The van der Waals surface area contributed by atoms with Crippen LogP contribution in [0.1, 0.15) is 31.4 Å². The zero-order valence-corrected chi connectivity index (χ0v) is 12.8. The highest BCUT2D eigenvalue weighted by Crippen LogP contribution is 2.21. The van der Waals surface area contributed by atoms with E-state index in [1.165, 1.54) is 11.1 Å². The Kier molecular flexibility index (Phi) is 6.89. The highest BCUT2D eigenvalue weighted by Gasteiger charge is 2.09. The first-order valence-electron chi connectivity index (χ1n) is 7.18. The van der Waals surface area contributed by atoms with Crippen LogP contribution in [0.15, 0.2) is 18.2 Å². The first kappa shape index (κ1) is 16.0. The van der Waals surface area contributed by atoms with Crippen LogP contribution >= 0.6 is 0 Å². The molecule has 0 radical (unpaired) electrons. The van der Waals surface area contributed by atoms with E-state index in [9.17, 15) is 0 Å². The standard InChI is InChI=1S/C16H28N2O/c1-5-13(10-17)11-18(3)12-14-7-8-16(19-4)15(6-2)9-14/h7-9,13H,5-6,10-12,17H2,1-4H3. The number of methoxy groups -OCH3 is 1. The van der Waals surface area contributed by atoms with E-state index in [0.717, 1.165) is 38.2 Å². The molecule has 1 atom stereocenters. The minimum Gasteiger partial charge on any atom is -0.496 e. The summed E-state index contributed by atoms with van der Waals surface area (Å²) in [5.41, 5.74) is 8.38. The van der Waals surface area contributed by atoms with E-state index < -0.39 is 0 Å². The van der Waals surface area contributed by atoms with Crippen molar-refractivity contribution in [1.82, 2.24) is 4.90 Å². The van der Waals surface area contributed by atoms with Gasteiger partial charge in [0.1, 0.15) is 5.75 Å². The average molecular weight is 264 g/mol. The second kappa shape index (κ2) is 8.18. The zero-order valence-electron chi connectivity index (χ0n) is 12.8. The Hall–Kier alpha value is -1.06. The van der Waals surface area contributed by atoms with Gasteiger partial charge in [-0.3, -0.25) is 0 Å². The second-order valence-electron chi connectivity index (χ2n) is 5.21. The van der Waals surface area contributed by atoms with E-state index in [1.807, 2.05) is 0 Å². The third-order valence-corrected chi connectivity index (χ3v) is 3.66. The van der Waals surface area contributed by atoms with Gasteiger partial charge in [0.05, 0.1) is 7.11 Å². The van der Waals surface area contributed by atoms with Crippen molar-refractivity contribution in [2.75, 3.05) is 27.2 Å². The van der Waals surface area contributed by atoms with Gasteiger partial charge in [-0.1, -0.05) is 32.4 Å². The van der Waals surface area contributed by atoms with Crippen LogP contribution in [0.5, 0.6) is 5.75 Å². The van der Waals surface area contributed by atoms with E-state index in [0.29, 0.717) is 5.92 Å². The molecule has 0 aromatic heterocycles. The molecule has 0 fully saturated rings. The maximum Gasteiger partial charge on any atom is 0.122 e. The molecule has 1 rings (SSSR count). The van der Waals surface area contributed by atoms with E-state index in [-0.39, 0.29) is 0 Å². The molecule has 108 valence electrons. The molecule has 19 heavy (non-hydrogen) atoms. The van der Waals surface area contributed by atoms with Crippen LogP contribution in [0.3, 0.4) is 0 Å². The van der Waals surface area contributed by atoms with Crippen molar-refractivity contribution in [1.29, 1.82) is 0 Å². The first-order valence-corrected chi connectivity index (χ1v) is 7.18. The lowest BCUT2D eigenvalue weighted by Crippen LogP contribution is -2.29. The van der Waals surface area contributed by atoms with Gasteiger partial charge in [0.15, 0.2) is 0 Å². The summed E-state index contributed by atoms with van der Waals surface area (Å²) in [6.45, 7) is 7.15. The molecule has 0 aliphatic rings. The second-order valence-corrected chi connectivity index (χ2v) is 5.21. The van der Waals surface area contributed by atoms with Crippen LogP contribution in [0, 0.1) is 5.92 Å². The molecule has 0 heterocycles. The molecule has 1 aromatic rings. The number of hydrogen-bond donors (Lipinski definition) is 1. The summed E-state index contributed by atoms with van der Waals surface area (Å²) in [4.78, 5) is 2.35. The summed E-state index contributed by atoms with van der Waals surface area (Å²) in [7, 11) is 3.89. The van der Waals surface area contributed by atoms with Crippen molar-refractivity contribution in [3.63, 3.8) is 0 Å². The van der Waals surface area contributed by atoms with Crippen molar-refractivity contribution in [3.05, 3.63) is 29.3 Å². The molecule has 0 amide bonds. The van der Waals surface area contributed by atoms with Crippen molar-refractivity contribution in [3.8, 4) is 5.75 Å². The normalized spacial score (nSPS) is 12.7. The van der Waals surface area contributed by atoms with Crippen LogP contribution in [0.2, 0.25) is 0 Å². The summed E-state index contributed by atoms with van der Waals surface area (Å²) < 4.78 is 5.37. The summed E-state index contributed by atoms with van der Waals surface area (Å²) in [5.74, 6) is 1.58. The summed E-state index contributed by atoms with van der Waals surface area (Å²) >= 11 is 0. The SMILES string of the molecule is CCc1cc(CN(C)CC(CC)CN)ccc1OC. The Labute approximate surface area is 117 Å². The van der Waals surface area contributed by atoms with Crippen molar-refractivity contribution in [2.24, 2.45) is 11.7 Å². The van der Waals surface area contributed by atoms with E-state index in [1.54, 1.807) is 7.11 Å². The Morgan fingerprint density at radius 3 is 2.58 bits per heavy atom. The maximum absolute atomic E-state index is 5.77. The lowest BCUT2D eigenvalue weighted by atomic mass is 10.0. The smallest absolute Gasteiger partial charge is 0.122 e. The van der Waals surface area contributed by atoms with Crippen LogP contribution in [-0.2, 0) is 13.0 Å². The summed E-state index contributed by atoms with van der Waals surface area (Å²) in [6, 6.07) is 6.47. The lowest BCUT2D eigenvalue weighted by Gasteiger charge is -2.22. The number of rotatable bonds is 8. The van der Waals surface area contributed by atoms with Gasteiger partial charge in [0.25, 0.3) is 0 Å². The first-order chi connectivity index (χ1) is 9.14. The van der Waals surface area contributed by atoms with E-state index >= 15 is 0 Å². The van der Waals surface area contributed by atoms with Crippen molar-refractivity contribution < 1.29 is 4.74 Å². The zero-order chi connectivity index (χ0) is 14.3. The van der Waals surface area contributed by atoms with E-state index in [2.05, 4.69) is 44.0 Å². The predicted octanol–water partition coefficient (Wildman–Crippen LogP) is 2.67. The maximum atomic E-state index is 5.77. The summed E-state index contributed by atoms with van der Waals surface area (Å²) in [5, 5.41) is 0. The molecule has 0 spiro atoms. The summed E-state index contributed by atoms with van der Waals surface area (Å²) in [6.07, 6.45) is 2.14. The Bertz CT molecular complexity index is 375. The topological polar surface area (TPSA) is 38.5 Å². The number of nitrogens with two attached hydrogens (primary N) is 1. The molecule has 3 heteroatoms. The molecule has 1 aromatic carbocycles. The average Bonchev–Trinajstić information content (AvgIpc) is 2.44. The molecule has 0 saturated heterocycles. The third kappa shape index (κ3) is 4.84. The minimum absolute atomic E-state index is 0.592. The molecule has 0 saturated carbocycles. The van der Waals surface area contributed by atoms with Gasteiger partial charge in [0.2, 0.25) is 0 Å². The van der Waals surface area contributed by atoms with Crippen LogP contribution in [0.25, 0.3) is 0 Å². The molecular weight excluding hydrogens is 236 g/mol. The predicted molar refractivity (Wildman–Crippen MR) is 81.5 cm³/mol.